The molecule has 6 nitrogen and oxygen atoms in total. The van der Waals surface area contributed by atoms with Gasteiger partial charge >= 0.3 is 17.9 Å². The molecular formula is C37H70O6. The van der Waals surface area contributed by atoms with Gasteiger partial charge in [-0.2, -0.15) is 0 Å². The SMILES string of the molecule is CCCCCCCCCCCCCCC(=O)OCC(COC(=O)CCCCCCCCCCCCCC)OC(=O)C(C)C. The van der Waals surface area contributed by atoms with E-state index in [2.05, 4.69) is 13.8 Å². The van der Waals surface area contributed by atoms with E-state index in [0.717, 1.165) is 38.5 Å². The molecule has 0 rings (SSSR count). The smallest absolute Gasteiger partial charge is 0.308 e. The Balaban J connectivity index is 3.96. The van der Waals surface area contributed by atoms with Gasteiger partial charge in [0.2, 0.25) is 0 Å². The Bertz CT molecular complexity index is 603. The summed E-state index contributed by atoms with van der Waals surface area (Å²) in [5.41, 5.74) is 0. The van der Waals surface area contributed by atoms with Crippen molar-refractivity contribution in [3.63, 3.8) is 0 Å². The van der Waals surface area contributed by atoms with E-state index in [4.69, 9.17) is 14.2 Å². The maximum absolute atomic E-state index is 12.3. The molecule has 0 aliphatic rings. The molecule has 0 amide bonds. The summed E-state index contributed by atoms with van der Waals surface area (Å²) >= 11 is 0. The van der Waals surface area contributed by atoms with Gasteiger partial charge in [-0.15, -0.1) is 0 Å². The first kappa shape index (κ1) is 41.4. The van der Waals surface area contributed by atoms with E-state index < -0.39 is 6.10 Å². The molecule has 0 heterocycles. The number of hydrogen-bond acceptors (Lipinski definition) is 6. The second kappa shape index (κ2) is 31.8. The summed E-state index contributed by atoms with van der Waals surface area (Å²) < 4.78 is 16.2. The van der Waals surface area contributed by atoms with Crippen LogP contribution in [0, 0.1) is 5.92 Å². The predicted molar refractivity (Wildman–Crippen MR) is 178 cm³/mol. The Morgan fingerprint density at radius 3 is 1.00 bits per heavy atom. The molecular weight excluding hydrogens is 540 g/mol. The Hall–Kier alpha value is -1.59. The molecule has 0 atom stereocenters. The van der Waals surface area contributed by atoms with Crippen molar-refractivity contribution in [2.45, 2.75) is 201 Å². The average Bonchev–Trinajstić information content (AvgIpc) is 2.99. The molecule has 0 fully saturated rings. The first-order valence-electron chi connectivity index (χ1n) is 18.4. The maximum Gasteiger partial charge on any atom is 0.308 e. The van der Waals surface area contributed by atoms with Crippen molar-refractivity contribution in [1.82, 2.24) is 0 Å². The number of esters is 3. The third kappa shape index (κ3) is 30.2. The summed E-state index contributed by atoms with van der Waals surface area (Å²) in [7, 11) is 0. The largest absolute Gasteiger partial charge is 0.462 e. The van der Waals surface area contributed by atoms with Gasteiger partial charge in [-0.25, -0.2) is 0 Å². The van der Waals surface area contributed by atoms with E-state index in [0.29, 0.717) is 12.8 Å². The van der Waals surface area contributed by atoms with Gasteiger partial charge in [-0.05, 0) is 12.8 Å². The first-order chi connectivity index (χ1) is 20.9. The molecule has 0 radical (unpaired) electrons. The van der Waals surface area contributed by atoms with Crippen molar-refractivity contribution in [2.24, 2.45) is 5.92 Å². The third-order valence-corrected chi connectivity index (χ3v) is 8.08. The van der Waals surface area contributed by atoms with Crippen molar-refractivity contribution in [2.75, 3.05) is 13.2 Å². The third-order valence-electron chi connectivity index (χ3n) is 8.08. The van der Waals surface area contributed by atoms with Gasteiger partial charge in [-0.1, -0.05) is 169 Å². The summed E-state index contributed by atoms with van der Waals surface area (Å²) in [6.45, 7) is 7.84. The fourth-order valence-electron chi connectivity index (χ4n) is 5.15. The fraction of sp³-hybridized carbons (Fsp3) is 0.919. The number of unbranched alkanes of at least 4 members (excludes halogenated alkanes) is 22. The highest BCUT2D eigenvalue weighted by atomic mass is 16.6. The number of ether oxygens (including phenoxy) is 3. The molecule has 43 heavy (non-hydrogen) atoms. The minimum Gasteiger partial charge on any atom is -0.462 e. The molecule has 6 heteroatoms. The van der Waals surface area contributed by atoms with Crippen molar-refractivity contribution in [1.29, 1.82) is 0 Å². The van der Waals surface area contributed by atoms with E-state index >= 15 is 0 Å². The van der Waals surface area contributed by atoms with Crippen LogP contribution in [0.4, 0.5) is 0 Å². The van der Waals surface area contributed by atoms with Crippen LogP contribution in [0.1, 0.15) is 195 Å². The molecule has 0 aromatic carbocycles. The molecule has 0 aliphatic carbocycles. The highest BCUT2D eigenvalue weighted by Crippen LogP contribution is 2.14. The minimum absolute atomic E-state index is 0.0819. The molecule has 0 aromatic heterocycles. The molecule has 0 N–H and O–H groups in total. The van der Waals surface area contributed by atoms with Crippen LogP contribution in [0.25, 0.3) is 0 Å². The van der Waals surface area contributed by atoms with Crippen molar-refractivity contribution < 1.29 is 28.6 Å². The lowest BCUT2D eigenvalue weighted by Gasteiger charge is -2.19. The molecule has 0 aliphatic heterocycles. The van der Waals surface area contributed by atoms with Gasteiger partial charge in [0.1, 0.15) is 13.2 Å². The van der Waals surface area contributed by atoms with Crippen LogP contribution in [0.5, 0.6) is 0 Å². The molecule has 0 spiro atoms. The van der Waals surface area contributed by atoms with Gasteiger partial charge in [0, 0.05) is 12.8 Å². The van der Waals surface area contributed by atoms with E-state index in [1.54, 1.807) is 13.8 Å². The summed E-state index contributed by atoms with van der Waals surface area (Å²) in [4.78, 5) is 36.6. The Kier molecular flexibility index (Phi) is 30.6. The zero-order valence-electron chi connectivity index (χ0n) is 28.9. The molecule has 0 aromatic rings. The molecule has 0 bridgehead atoms. The van der Waals surface area contributed by atoms with Crippen LogP contribution in [0.15, 0.2) is 0 Å². The Labute approximate surface area is 266 Å². The van der Waals surface area contributed by atoms with Gasteiger partial charge in [0.05, 0.1) is 5.92 Å². The van der Waals surface area contributed by atoms with Crippen molar-refractivity contribution >= 4 is 17.9 Å². The van der Waals surface area contributed by atoms with Crippen LogP contribution in [-0.4, -0.2) is 37.2 Å². The number of rotatable bonds is 32. The summed E-state index contributed by atoms with van der Waals surface area (Å²) in [6.07, 6.45) is 29.7. The maximum atomic E-state index is 12.3. The Morgan fingerprint density at radius 2 is 0.721 bits per heavy atom. The lowest BCUT2D eigenvalue weighted by molar-refractivity contribution is -0.169. The highest BCUT2D eigenvalue weighted by molar-refractivity contribution is 5.72. The Morgan fingerprint density at radius 1 is 0.442 bits per heavy atom. The van der Waals surface area contributed by atoms with Gasteiger partial charge in [0.25, 0.3) is 0 Å². The van der Waals surface area contributed by atoms with Crippen LogP contribution < -0.4 is 0 Å². The van der Waals surface area contributed by atoms with Crippen LogP contribution in [-0.2, 0) is 28.6 Å². The summed E-state index contributed by atoms with van der Waals surface area (Å²) in [6, 6.07) is 0. The van der Waals surface area contributed by atoms with Gasteiger partial charge in [0.15, 0.2) is 6.10 Å². The topological polar surface area (TPSA) is 78.9 Å². The van der Waals surface area contributed by atoms with E-state index in [1.165, 1.54) is 116 Å². The van der Waals surface area contributed by atoms with Gasteiger partial charge < -0.3 is 14.2 Å². The highest BCUT2D eigenvalue weighted by Gasteiger charge is 2.21. The molecule has 0 unspecified atom stereocenters. The quantitative estimate of drug-likeness (QED) is 0.0428. The van der Waals surface area contributed by atoms with E-state index in [9.17, 15) is 14.4 Å². The zero-order chi connectivity index (χ0) is 31.8. The molecule has 0 saturated heterocycles. The minimum atomic E-state index is -0.772. The average molecular weight is 611 g/mol. The van der Waals surface area contributed by atoms with E-state index in [-0.39, 0.29) is 37.0 Å². The molecule has 0 saturated carbocycles. The van der Waals surface area contributed by atoms with Crippen LogP contribution in [0.3, 0.4) is 0 Å². The number of carbonyl (C=O) groups excluding carboxylic acids is 3. The second-order valence-electron chi connectivity index (χ2n) is 12.9. The number of carbonyl (C=O) groups is 3. The van der Waals surface area contributed by atoms with Gasteiger partial charge in [-0.3, -0.25) is 14.4 Å². The summed E-state index contributed by atoms with van der Waals surface area (Å²) in [5.74, 6) is -1.28. The standard InChI is InChI=1S/C37H70O6/c1-5-7-9-11-13-15-17-19-21-23-25-27-29-35(38)41-31-34(43-37(40)33(3)4)32-42-36(39)30-28-26-24-22-20-18-16-14-12-10-8-6-2/h33-34H,5-32H2,1-4H3. The second-order valence-corrected chi connectivity index (χ2v) is 12.9. The van der Waals surface area contributed by atoms with Crippen molar-refractivity contribution in [3.05, 3.63) is 0 Å². The lowest BCUT2D eigenvalue weighted by Crippen LogP contribution is -2.32. The van der Waals surface area contributed by atoms with Crippen LogP contribution >= 0.6 is 0 Å². The first-order valence-corrected chi connectivity index (χ1v) is 18.4. The lowest BCUT2D eigenvalue weighted by atomic mass is 10.0. The monoisotopic (exact) mass is 611 g/mol. The van der Waals surface area contributed by atoms with E-state index in [1.807, 2.05) is 0 Å². The fourth-order valence-corrected chi connectivity index (χ4v) is 5.15. The zero-order valence-corrected chi connectivity index (χ0v) is 28.9. The summed E-state index contributed by atoms with van der Waals surface area (Å²) in [5, 5.41) is 0. The predicted octanol–water partition coefficient (Wildman–Crippen LogP) is 10.8. The molecule has 254 valence electrons. The van der Waals surface area contributed by atoms with Crippen molar-refractivity contribution in [3.8, 4) is 0 Å². The normalized spacial score (nSPS) is 11.3. The number of hydrogen-bond donors (Lipinski definition) is 0. The van der Waals surface area contributed by atoms with Crippen LogP contribution in [0.2, 0.25) is 0 Å².